The first-order valence-corrected chi connectivity index (χ1v) is 13.4. The number of hydrogen-bond acceptors (Lipinski definition) is 6. The molecule has 3 amide bonds. The van der Waals surface area contributed by atoms with Crippen LogP contribution in [0.2, 0.25) is 0 Å². The molecule has 0 radical (unpaired) electrons. The number of carbonyl (C=O) groups is 4. The highest BCUT2D eigenvalue weighted by molar-refractivity contribution is 5.91. The summed E-state index contributed by atoms with van der Waals surface area (Å²) >= 11 is 0. The van der Waals surface area contributed by atoms with E-state index in [9.17, 15) is 19.2 Å². The molecule has 0 saturated heterocycles. The fraction of sp³-hybridized carbons (Fsp3) is 0.655. The Labute approximate surface area is 228 Å². The summed E-state index contributed by atoms with van der Waals surface area (Å²) < 4.78 is 10.3. The van der Waals surface area contributed by atoms with Gasteiger partial charge < -0.3 is 25.0 Å². The second-order valence-electron chi connectivity index (χ2n) is 11.0. The van der Waals surface area contributed by atoms with Gasteiger partial charge in [-0.3, -0.25) is 14.4 Å². The largest absolute Gasteiger partial charge is 0.466 e. The monoisotopic (exact) mass is 533 g/mol. The summed E-state index contributed by atoms with van der Waals surface area (Å²) in [5.41, 5.74) is 1.74. The molecule has 0 saturated carbocycles. The highest BCUT2D eigenvalue weighted by Crippen LogP contribution is 2.31. The normalized spacial score (nSPS) is 12.9. The third-order valence-electron chi connectivity index (χ3n) is 5.98. The number of carbonyl (C=O) groups excluding carboxylic acids is 4. The smallest absolute Gasteiger partial charge is 0.408 e. The van der Waals surface area contributed by atoms with E-state index >= 15 is 0 Å². The fourth-order valence-corrected chi connectivity index (χ4v) is 4.18. The van der Waals surface area contributed by atoms with Gasteiger partial charge in [-0.05, 0) is 83.9 Å². The number of alkyl carbamates (subject to hydrolysis) is 1. The summed E-state index contributed by atoms with van der Waals surface area (Å²) in [6, 6.07) is 4.46. The standard InChI is InChI=1S/C29H47N3O6/c1-10-37-24(34)16-17-30-27(35)26(25-20(4)12-11-13-21(25)5)32(22(6)15-14-19(2)3)23(33)18-31-28(36)38-29(7,8)9/h11-13,19,22,26H,10,14-18H2,1-9H3,(H,30,35)(H,31,36). The molecule has 38 heavy (non-hydrogen) atoms. The Morgan fingerprint density at radius 1 is 0.974 bits per heavy atom. The van der Waals surface area contributed by atoms with Gasteiger partial charge in [0.2, 0.25) is 11.8 Å². The molecular formula is C29H47N3O6. The topological polar surface area (TPSA) is 114 Å². The van der Waals surface area contributed by atoms with Crippen molar-refractivity contribution < 1.29 is 28.7 Å². The number of rotatable bonds is 13. The van der Waals surface area contributed by atoms with Gasteiger partial charge in [-0.25, -0.2) is 4.79 Å². The molecular weight excluding hydrogens is 486 g/mol. The summed E-state index contributed by atoms with van der Waals surface area (Å²) in [6.07, 6.45) is 0.848. The number of esters is 1. The van der Waals surface area contributed by atoms with Gasteiger partial charge in [0.15, 0.2) is 0 Å². The van der Waals surface area contributed by atoms with Crippen LogP contribution in [0.1, 0.15) is 90.5 Å². The molecule has 0 aromatic heterocycles. The zero-order valence-corrected chi connectivity index (χ0v) is 24.6. The van der Waals surface area contributed by atoms with E-state index < -0.39 is 35.5 Å². The Balaban J connectivity index is 3.39. The van der Waals surface area contributed by atoms with Crippen LogP contribution in [-0.4, -0.2) is 60.1 Å². The zero-order valence-electron chi connectivity index (χ0n) is 24.6. The molecule has 2 N–H and O–H groups in total. The Morgan fingerprint density at radius 3 is 2.11 bits per heavy atom. The molecule has 2 atom stereocenters. The minimum Gasteiger partial charge on any atom is -0.466 e. The van der Waals surface area contributed by atoms with Crippen molar-refractivity contribution in [2.75, 3.05) is 19.7 Å². The Kier molecular flexibility index (Phi) is 13.3. The maximum absolute atomic E-state index is 13.7. The van der Waals surface area contributed by atoms with E-state index in [0.717, 1.165) is 23.1 Å². The van der Waals surface area contributed by atoms with E-state index in [1.165, 1.54) is 0 Å². The third kappa shape index (κ3) is 11.1. The van der Waals surface area contributed by atoms with Crippen LogP contribution in [0.25, 0.3) is 0 Å². The van der Waals surface area contributed by atoms with Gasteiger partial charge in [0.1, 0.15) is 18.2 Å². The van der Waals surface area contributed by atoms with E-state index in [1.807, 2.05) is 39.0 Å². The minimum atomic E-state index is -0.950. The number of ether oxygens (including phenoxy) is 2. The molecule has 1 aromatic rings. The van der Waals surface area contributed by atoms with E-state index in [0.29, 0.717) is 12.3 Å². The number of amides is 3. The van der Waals surface area contributed by atoms with Gasteiger partial charge in [0, 0.05) is 12.6 Å². The molecule has 2 unspecified atom stereocenters. The highest BCUT2D eigenvalue weighted by Gasteiger charge is 2.36. The second kappa shape index (κ2) is 15.3. The SMILES string of the molecule is CCOC(=O)CCNC(=O)C(c1c(C)cccc1C)N(C(=O)CNC(=O)OC(C)(C)C)C(C)CCC(C)C. The van der Waals surface area contributed by atoms with Crippen molar-refractivity contribution in [1.29, 1.82) is 0 Å². The first kappa shape index (κ1) is 32.9. The summed E-state index contributed by atoms with van der Waals surface area (Å²) in [4.78, 5) is 53.1. The number of benzene rings is 1. The lowest BCUT2D eigenvalue weighted by molar-refractivity contribution is -0.144. The van der Waals surface area contributed by atoms with Gasteiger partial charge in [0.05, 0.1) is 13.0 Å². The first-order chi connectivity index (χ1) is 17.7. The molecule has 0 spiro atoms. The van der Waals surface area contributed by atoms with Gasteiger partial charge in [-0.2, -0.15) is 0 Å². The van der Waals surface area contributed by atoms with E-state index in [4.69, 9.17) is 9.47 Å². The molecule has 0 aliphatic carbocycles. The van der Waals surface area contributed by atoms with Gasteiger partial charge >= 0.3 is 12.1 Å². The number of nitrogens with zero attached hydrogens (tertiary/aromatic N) is 1. The average Bonchev–Trinajstić information content (AvgIpc) is 2.79. The van der Waals surface area contributed by atoms with E-state index in [2.05, 4.69) is 24.5 Å². The average molecular weight is 534 g/mol. The van der Waals surface area contributed by atoms with Crippen LogP contribution in [0.5, 0.6) is 0 Å². The molecule has 0 bridgehead atoms. The molecule has 0 fully saturated rings. The van der Waals surface area contributed by atoms with Crippen molar-refractivity contribution in [1.82, 2.24) is 15.5 Å². The minimum absolute atomic E-state index is 0.0239. The van der Waals surface area contributed by atoms with Crippen LogP contribution in [0.15, 0.2) is 18.2 Å². The second-order valence-corrected chi connectivity index (χ2v) is 11.0. The van der Waals surface area contributed by atoms with Crippen molar-refractivity contribution in [3.05, 3.63) is 34.9 Å². The molecule has 9 nitrogen and oxygen atoms in total. The van der Waals surface area contributed by atoms with Crippen molar-refractivity contribution in [2.24, 2.45) is 5.92 Å². The Morgan fingerprint density at radius 2 is 1.58 bits per heavy atom. The van der Waals surface area contributed by atoms with Crippen LogP contribution in [-0.2, 0) is 23.9 Å². The van der Waals surface area contributed by atoms with Crippen molar-refractivity contribution in [3.63, 3.8) is 0 Å². The van der Waals surface area contributed by atoms with Crippen molar-refractivity contribution >= 4 is 23.9 Å². The maximum atomic E-state index is 13.7. The molecule has 1 rings (SSSR count). The number of aryl methyl sites for hydroxylation is 2. The molecule has 0 heterocycles. The maximum Gasteiger partial charge on any atom is 0.408 e. The predicted octanol–water partition coefficient (Wildman–Crippen LogP) is 4.59. The molecule has 0 aliphatic heterocycles. The van der Waals surface area contributed by atoms with E-state index in [1.54, 1.807) is 32.6 Å². The van der Waals surface area contributed by atoms with Crippen molar-refractivity contribution in [3.8, 4) is 0 Å². The molecule has 9 heteroatoms. The lowest BCUT2D eigenvalue weighted by atomic mass is 9.92. The summed E-state index contributed by atoms with van der Waals surface area (Å²) in [7, 11) is 0. The van der Waals surface area contributed by atoms with Crippen LogP contribution in [0, 0.1) is 19.8 Å². The lowest BCUT2D eigenvalue weighted by Crippen LogP contribution is -2.51. The molecule has 1 aromatic carbocycles. The van der Waals surface area contributed by atoms with Crippen molar-refractivity contribution in [2.45, 2.75) is 99.3 Å². The Bertz CT molecular complexity index is 934. The van der Waals surface area contributed by atoms with Crippen LogP contribution >= 0.6 is 0 Å². The quantitative estimate of drug-likeness (QED) is 0.359. The fourth-order valence-electron chi connectivity index (χ4n) is 4.18. The highest BCUT2D eigenvalue weighted by atomic mass is 16.6. The summed E-state index contributed by atoms with van der Waals surface area (Å²) in [6.45, 7) is 16.9. The molecule has 214 valence electrons. The Hall–Kier alpha value is -3.10. The number of hydrogen-bond donors (Lipinski definition) is 2. The third-order valence-corrected chi connectivity index (χ3v) is 5.98. The van der Waals surface area contributed by atoms with Gasteiger partial charge in [-0.1, -0.05) is 32.0 Å². The first-order valence-electron chi connectivity index (χ1n) is 13.4. The predicted molar refractivity (Wildman–Crippen MR) is 148 cm³/mol. The lowest BCUT2D eigenvalue weighted by Gasteiger charge is -2.38. The van der Waals surface area contributed by atoms with Crippen LogP contribution < -0.4 is 10.6 Å². The summed E-state index contributed by atoms with van der Waals surface area (Å²) in [5.74, 6) is -0.795. The van der Waals surface area contributed by atoms with Crippen LogP contribution in [0.3, 0.4) is 0 Å². The summed E-state index contributed by atoms with van der Waals surface area (Å²) in [5, 5.41) is 5.37. The number of nitrogens with one attached hydrogen (secondary N) is 2. The zero-order chi connectivity index (χ0) is 29.0. The van der Waals surface area contributed by atoms with Gasteiger partial charge in [0.25, 0.3) is 0 Å². The van der Waals surface area contributed by atoms with Crippen LogP contribution in [0.4, 0.5) is 4.79 Å². The molecule has 0 aliphatic rings. The van der Waals surface area contributed by atoms with Gasteiger partial charge in [-0.15, -0.1) is 0 Å². The van der Waals surface area contributed by atoms with E-state index in [-0.39, 0.29) is 32.2 Å².